The molecule has 0 unspecified atom stereocenters. The number of anilines is 2. The second-order valence-electron chi connectivity index (χ2n) is 4.57. The molecule has 1 saturated heterocycles. The molecular weight excluding hydrogens is 274 g/mol. The fourth-order valence-electron chi connectivity index (χ4n) is 2.19. The van der Waals surface area contributed by atoms with Crippen molar-refractivity contribution in [3.05, 3.63) is 35.5 Å². The zero-order valence-electron chi connectivity index (χ0n) is 10.9. The number of hydrogen-bond acceptors (Lipinski definition) is 6. The van der Waals surface area contributed by atoms with E-state index in [1.807, 2.05) is 10.3 Å². The molecule has 0 bridgehead atoms. The van der Waals surface area contributed by atoms with Crippen LogP contribution in [0.4, 0.5) is 10.9 Å². The average Bonchev–Trinajstić information content (AvgIpc) is 3.02. The second-order valence-corrected chi connectivity index (χ2v) is 5.44. The number of carbonyl (C=O) groups excluding carboxylic acids is 1. The first-order valence-corrected chi connectivity index (χ1v) is 7.27. The van der Waals surface area contributed by atoms with Crippen LogP contribution in [0.15, 0.2) is 29.9 Å². The molecule has 0 aliphatic carbocycles. The molecule has 3 heterocycles. The van der Waals surface area contributed by atoms with Crippen LogP contribution >= 0.6 is 11.3 Å². The molecule has 6 nitrogen and oxygen atoms in total. The molecule has 20 heavy (non-hydrogen) atoms. The fraction of sp³-hybridized carbons (Fsp3) is 0.308. The molecule has 7 heteroatoms. The van der Waals surface area contributed by atoms with E-state index < -0.39 is 0 Å². The van der Waals surface area contributed by atoms with Crippen LogP contribution in [0.2, 0.25) is 0 Å². The summed E-state index contributed by atoms with van der Waals surface area (Å²) in [5, 5.41) is 2.98. The van der Waals surface area contributed by atoms with E-state index in [4.69, 9.17) is 5.73 Å². The Morgan fingerprint density at radius 1 is 1.20 bits per heavy atom. The number of amides is 1. The Labute approximate surface area is 120 Å². The van der Waals surface area contributed by atoms with Gasteiger partial charge in [0.15, 0.2) is 5.13 Å². The van der Waals surface area contributed by atoms with E-state index in [1.54, 1.807) is 29.7 Å². The third-order valence-corrected chi connectivity index (χ3v) is 4.12. The highest BCUT2D eigenvalue weighted by atomic mass is 32.1. The third-order valence-electron chi connectivity index (χ3n) is 3.29. The summed E-state index contributed by atoms with van der Waals surface area (Å²) < 4.78 is 0. The van der Waals surface area contributed by atoms with Crippen molar-refractivity contribution in [1.82, 2.24) is 14.9 Å². The molecular formula is C13H15N5OS. The number of thiazole rings is 1. The minimum atomic E-state index is 0.0105. The van der Waals surface area contributed by atoms with E-state index >= 15 is 0 Å². The lowest BCUT2D eigenvalue weighted by Gasteiger charge is -2.34. The van der Waals surface area contributed by atoms with E-state index in [0.717, 1.165) is 18.2 Å². The average molecular weight is 289 g/mol. The van der Waals surface area contributed by atoms with Crippen molar-refractivity contribution in [2.75, 3.05) is 36.8 Å². The first-order valence-electron chi connectivity index (χ1n) is 6.39. The Hall–Kier alpha value is -2.15. The largest absolute Gasteiger partial charge is 0.384 e. The first-order chi connectivity index (χ1) is 9.74. The quantitative estimate of drug-likeness (QED) is 0.895. The summed E-state index contributed by atoms with van der Waals surface area (Å²) >= 11 is 1.62. The highest BCUT2D eigenvalue weighted by Crippen LogP contribution is 2.19. The molecule has 1 aliphatic heterocycles. The maximum Gasteiger partial charge on any atom is 0.255 e. The number of nitrogen functional groups attached to an aromatic ring is 1. The summed E-state index contributed by atoms with van der Waals surface area (Å²) in [5.41, 5.74) is 6.11. The maximum atomic E-state index is 12.3. The number of aromatic nitrogens is 2. The molecule has 0 spiro atoms. The summed E-state index contributed by atoms with van der Waals surface area (Å²) in [6.45, 7) is 3.01. The SMILES string of the molecule is Nc1ccc(C(=O)N2CCN(c3nccs3)CC2)cn1. The van der Waals surface area contributed by atoms with Crippen LogP contribution in [-0.2, 0) is 0 Å². The van der Waals surface area contributed by atoms with Crippen molar-refractivity contribution in [2.24, 2.45) is 0 Å². The van der Waals surface area contributed by atoms with E-state index in [-0.39, 0.29) is 5.91 Å². The van der Waals surface area contributed by atoms with E-state index in [2.05, 4.69) is 14.9 Å². The minimum Gasteiger partial charge on any atom is -0.384 e. The Morgan fingerprint density at radius 3 is 2.60 bits per heavy atom. The molecule has 1 aliphatic rings. The van der Waals surface area contributed by atoms with Crippen LogP contribution in [0, 0.1) is 0 Å². The van der Waals surface area contributed by atoms with E-state index in [9.17, 15) is 4.79 Å². The van der Waals surface area contributed by atoms with Gasteiger partial charge in [-0.3, -0.25) is 4.79 Å². The van der Waals surface area contributed by atoms with Gasteiger partial charge in [0.05, 0.1) is 5.56 Å². The number of pyridine rings is 1. The van der Waals surface area contributed by atoms with Crippen molar-refractivity contribution in [3.8, 4) is 0 Å². The summed E-state index contributed by atoms with van der Waals surface area (Å²) in [6.07, 6.45) is 3.34. The molecule has 3 rings (SSSR count). The summed E-state index contributed by atoms with van der Waals surface area (Å²) in [7, 11) is 0. The lowest BCUT2D eigenvalue weighted by atomic mass is 10.2. The predicted molar refractivity (Wildman–Crippen MR) is 78.9 cm³/mol. The van der Waals surface area contributed by atoms with Crippen LogP contribution in [0.25, 0.3) is 0 Å². The highest BCUT2D eigenvalue weighted by molar-refractivity contribution is 7.13. The summed E-state index contributed by atoms with van der Waals surface area (Å²) in [6, 6.07) is 3.37. The zero-order valence-corrected chi connectivity index (χ0v) is 11.7. The third kappa shape index (κ3) is 2.57. The second kappa shape index (κ2) is 5.46. The molecule has 0 saturated carbocycles. The summed E-state index contributed by atoms with van der Waals surface area (Å²) in [4.78, 5) is 24.6. The first kappa shape index (κ1) is 12.9. The Balaban J connectivity index is 1.63. The number of carbonyl (C=O) groups is 1. The Morgan fingerprint density at radius 2 is 2.00 bits per heavy atom. The summed E-state index contributed by atoms with van der Waals surface area (Å²) in [5.74, 6) is 0.437. The number of rotatable bonds is 2. The van der Waals surface area contributed by atoms with Crippen molar-refractivity contribution in [1.29, 1.82) is 0 Å². The molecule has 2 aromatic rings. The highest BCUT2D eigenvalue weighted by Gasteiger charge is 2.23. The van der Waals surface area contributed by atoms with Gasteiger partial charge in [0.2, 0.25) is 0 Å². The normalized spacial score (nSPS) is 15.4. The Kier molecular flexibility index (Phi) is 3.51. The van der Waals surface area contributed by atoms with Crippen LogP contribution in [-0.4, -0.2) is 47.0 Å². The van der Waals surface area contributed by atoms with Gasteiger partial charge in [-0.2, -0.15) is 0 Å². The van der Waals surface area contributed by atoms with Crippen LogP contribution < -0.4 is 10.6 Å². The van der Waals surface area contributed by atoms with Gasteiger partial charge in [0.1, 0.15) is 5.82 Å². The number of nitrogens with two attached hydrogens (primary N) is 1. The smallest absolute Gasteiger partial charge is 0.255 e. The molecule has 0 radical (unpaired) electrons. The molecule has 0 aromatic carbocycles. The van der Waals surface area contributed by atoms with Gasteiger partial charge in [-0.15, -0.1) is 11.3 Å². The van der Waals surface area contributed by atoms with Gasteiger partial charge in [-0.1, -0.05) is 0 Å². The van der Waals surface area contributed by atoms with Crippen LogP contribution in [0.5, 0.6) is 0 Å². The molecule has 2 aromatic heterocycles. The van der Waals surface area contributed by atoms with E-state index in [0.29, 0.717) is 24.5 Å². The van der Waals surface area contributed by atoms with Crippen molar-refractivity contribution in [2.45, 2.75) is 0 Å². The van der Waals surface area contributed by atoms with Gasteiger partial charge >= 0.3 is 0 Å². The minimum absolute atomic E-state index is 0.0105. The fourth-order valence-corrected chi connectivity index (χ4v) is 2.88. The Bertz CT molecular complexity index is 575. The predicted octanol–water partition coefficient (Wildman–Crippen LogP) is 1.08. The molecule has 1 amide bonds. The molecule has 0 atom stereocenters. The van der Waals surface area contributed by atoms with Gasteiger partial charge in [0, 0.05) is 44.0 Å². The van der Waals surface area contributed by atoms with Gasteiger partial charge in [-0.05, 0) is 12.1 Å². The zero-order chi connectivity index (χ0) is 13.9. The maximum absolute atomic E-state index is 12.3. The molecule has 2 N–H and O–H groups in total. The van der Waals surface area contributed by atoms with Gasteiger partial charge in [0.25, 0.3) is 5.91 Å². The van der Waals surface area contributed by atoms with Crippen molar-refractivity contribution < 1.29 is 4.79 Å². The van der Waals surface area contributed by atoms with E-state index in [1.165, 1.54) is 6.20 Å². The standard InChI is InChI=1S/C13H15N5OS/c14-11-2-1-10(9-16-11)12(19)17-4-6-18(7-5-17)13-15-3-8-20-13/h1-3,8-9H,4-7H2,(H2,14,16). The van der Waals surface area contributed by atoms with Gasteiger partial charge in [-0.25, -0.2) is 9.97 Å². The number of hydrogen-bond donors (Lipinski definition) is 1. The van der Waals surface area contributed by atoms with Gasteiger partial charge < -0.3 is 15.5 Å². The molecule has 1 fully saturated rings. The van der Waals surface area contributed by atoms with Crippen molar-refractivity contribution in [3.63, 3.8) is 0 Å². The number of nitrogens with zero attached hydrogens (tertiary/aromatic N) is 4. The topological polar surface area (TPSA) is 75.4 Å². The lowest BCUT2D eigenvalue weighted by Crippen LogP contribution is -2.48. The van der Waals surface area contributed by atoms with Crippen LogP contribution in [0.1, 0.15) is 10.4 Å². The lowest BCUT2D eigenvalue weighted by molar-refractivity contribution is 0.0746. The number of piperazine rings is 1. The molecule has 104 valence electrons. The van der Waals surface area contributed by atoms with Crippen molar-refractivity contribution >= 4 is 28.2 Å². The van der Waals surface area contributed by atoms with Crippen LogP contribution in [0.3, 0.4) is 0 Å². The monoisotopic (exact) mass is 289 g/mol.